The van der Waals surface area contributed by atoms with Crippen LogP contribution in [-0.4, -0.2) is 30.1 Å². The van der Waals surface area contributed by atoms with Crippen molar-refractivity contribution in [2.24, 2.45) is 0 Å². The number of nitrogens with one attached hydrogen (secondary N) is 1. The molecule has 1 aromatic heterocycles. The normalized spacial score (nSPS) is 10.4. The van der Waals surface area contributed by atoms with Gasteiger partial charge in [-0.3, -0.25) is 0 Å². The van der Waals surface area contributed by atoms with Gasteiger partial charge >= 0.3 is 0 Å². The van der Waals surface area contributed by atoms with Gasteiger partial charge in [0, 0.05) is 32.6 Å². The van der Waals surface area contributed by atoms with Crippen LogP contribution in [0.3, 0.4) is 0 Å². The van der Waals surface area contributed by atoms with Gasteiger partial charge in [-0.1, -0.05) is 20.8 Å². The van der Waals surface area contributed by atoms with E-state index in [1.165, 1.54) is 0 Å². The zero-order valence-electron chi connectivity index (χ0n) is 11.5. The first kappa shape index (κ1) is 13.7. The Morgan fingerprint density at radius 1 is 1.12 bits per heavy atom. The third-order valence-electron chi connectivity index (χ3n) is 2.64. The van der Waals surface area contributed by atoms with Gasteiger partial charge in [0.05, 0.1) is 0 Å². The maximum atomic E-state index is 4.61. The summed E-state index contributed by atoms with van der Waals surface area (Å²) >= 11 is 0. The van der Waals surface area contributed by atoms with Gasteiger partial charge in [-0.2, -0.15) is 0 Å². The van der Waals surface area contributed by atoms with E-state index in [0.717, 1.165) is 49.8 Å². The van der Waals surface area contributed by atoms with Gasteiger partial charge in [0.25, 0.3) is 0 Å². The molecule has 1 rings (SSSR count). The minimum Gasteiger partial charge on any atom is -0.373 e. The molecule has 0 aliphatic heterocycles. The standard InChI is InChI=1S/C13H24N4/c1-5-8-17(9-6-2)13-10-12(14-4)15-11(7-3)16-13/h10H,5-9H2,1-4H3,(H,14,15,16). The van der Waals surface area contributed by atoms with Crippen molar-refractivity contribution in [3.63, 3.8) is 0 Å². The Hall–Kier alpha value is -1.32. The van der Waals surface area contributed by atoms with Crippen LogP contribution in [0.15, 0.2) is 6.07 Å². The van der Waals surface area contributed by atoms with Crippen LogP contribution in [0.1, 0.15) is 39.4 Å². The molecule has 0 saturated heterocycles. The van der Waals surface area contributed by atoms with Gasteiger partial charge in [0.2, 0.25) is 0 Å². The van der Waals surface area contributed by atoms with Gasteiger partial charge < -0.3 is 10.2 Å². The fourth-order valence-electron chi connectivity index (χ4n) is 1.81. The predicted octanol–water partition coefficient (Wildman–Crippen LogP) is 2.71. The lowest BCUT2D eigenvalue weighted by atomic mass is 10.3. The smallest absolute Gasteiger partial charge is 0.134 e. The highest BCUT2D eigenvalue weighted by molar-refractivity contribution is 5.49. The van der Waals surface area contributed by atoms with Crippen molar-refractivity contribution in [3.8, 4) is 0 Å². The molecule has 4 heteroatoms. The number of nitrogens with zero attached hydrogens (tertiary/aromatic N) is 3. The second-order valence-corrected chi connectivity index (χ2v) is 4.12. The number of anilines is 2. The predicted molar refractivity (Wildman–Crippen MR) is 73.8 cm³/mol. The summed E-state index contributed by atoms with van der Waals surface area (Å²) in [5.41, 5.74) is 0. The van der Waals surface area contributed by atoms with Gasteiger partial charge in [-0.05, 0) is 12.8 Å². The topological polar surface area (TPSA) is 41.0 Å². The first-order chi connectivity index (χ1) is 8.24. The monoisotopic (exact) mass is 236 g/mol. The van der Waals surface area contributed by atoms with Gasteiger partial charge in [-0.25, -0.2) is 9.97 Å². The quantitative estimate of drug-likeness (QED) is 0.790. The number of hydrogen-bond donors (Lipinski definition) is 1. The molecule has 4 nitrogen and oxygen atoms in total. The van der Waals surface area contributed by atoms with Crippen LogP contribution < -0.4 is 10.2 Å². The van der Waals surface area contributed by atoms with Crippen LogP contribution in [0.5, 0.6) is 0 Å². The first-order valence-corrected chi connectivity index (χ1v) is 6.55. The molecule has 0 aliphatic rings. The maximum absolute atomic E-state index is 4.61. The average Bonchev–Trinajstić information content (AvgIpc) is 2.37. The SMILES string of the molecule is CCCN(CCC)c1cc(NC)nc(CC)n1. The highest BCUT2D eigenvalue weighted by atomic mass is 15.2. The van der Waals surface area contributed by atoms with Crippen molar-refractivity contribution in [1.29, 1.82) is 0 Å². The van der Waals surface area contributed by atoms with Crippen LogP contribution in [-0.2, 0) is 6.42 Å². The minimum atomic E-state index is 0.870. The van der Waals surface area contributed by atoms with Crippen molar-refractivity contribution in [2.75, 3.05) is 30.4 Å². The molecule has 1 heterocycles. The molecular formula is C13H24N4. The number of aromatic nitrogens is 2. The van der Waals surface area contributed by atoms with Crippen molar-refractivity contribution in [2.45, 2.75) is 40.0 Å². The molecule has 0 amide bonds. The van der Waals surface area contributed by atoms with Gasteiger partial charge in [0.15, 0.2) is 0 Å². The third-order valence-corrected chi connectivity index (χ3v) is 2.64. The van der Waals surface area contributed by atoms with E-state index in [1.54, 1.807) is 0 Å². The molecule has 0 unspecified atom stereocenters. The van der Waals surface area contributed by atoms with E-state index in [4.69, 9.17) is 0 Å². The van der Waals surface area contributed by atoms with Crippen LogP contribution in [0, 0.1) is 0 Å². The summed E-state index contributed by atoms with van der Waals surface area (Å²) in [5, 5.41) is 3.10. The van der Waals surface area contributed by atoms with E-state index in [-0.39, 0.29) is 0 Å². The summed E-state index contributed by atoms with van der Waals surface area (Å²) in [5.74, 6) is 2.86. The largest absolute Gasteiger partial charge is 0.373 e. The zero-order chi connectivity index (χ0) is 12.7. The molecular weight excluding hydrogens is 212 g/mol. The van der Waals surface area contributed by atoms with Crippen LogP contribution in [0.25, 0.3) is 0 Å². The van der Waals surface area contributed by atoms with E-state index in [2.05, 4.69) is 41.0 Å². The highest BCUT2D eigenvalue weighted by Gasteiger charge is 2.09. The third kappa shape index (κ3) is 3.88. The van der Waals surface area contributed by atoms with Crippen molar-refractivity contribution in [1.82, 2.24) is 9.97 Å². The summed E-state index contributed by atoms with van der Waals surface area (Å²) in [4.78, 5) is 11.4. The van der Waals surface area contributed by atoms with Crippen LogP contribution in [0.2, 0.25) is 0 Å². The van der Waals surface area contributed by atoms with Crippen LogP contribution in [0.4, 0.5) is 11.6 Å². The second-order valence-electron chi connectivity index (χ2n) is 4.12. The average molecular weight is 236 g/mol. The molecule has 0 saturated carbocycles. The van der Waals surface area contributed by atoms with E-state index in [1.807, 2.05) is 13.1 Å². The molecule has 0 radical (unpaired) electrons. The Balaban J connectivity index is 2.99. The second kappa shape index (κ2) is 7.09. The fraction of sp³-hybridized carbons (Fsp3) is 0.692. The summed E-state index contributed by atoms with van der Waals surface area (Å²) in [7, 11) is 1.90. The molecule has 0 bridgehead atoms. The van der Waals surface area contributed by atoms with Crippen LogP contribution >= 0.6 is 0 Å². The lowest BCUT2D eigenvalue weighted by Gasteiger charge is -2.23. The van der Waals surface area contributed by atoms with Crippen molar-refractivity contribution >= 4 is 11.6 Å². The summed E-state index contributed by atoms with van der Waals surface area (Å²) in [6.45, 7) is 8.59. The lowest BCUT2D eigenvalue weighted by Crippen LogP contribution is -2.26. The number of aryl methyl sites for hydroxylation is 1. The van der Waals surface area contributed by atoms with E-state index >= 15 is 0 Å². The lowest BCUT2D eigenvalue weighted by molar-refractivity contribution is 0.728. The number of rotatable bonds is 7. The molecule has 0 fully saturated rings. The van der Waals surface area contributed by atoms with Crippen molar-refractivity contribution < 1.29 is 0 Å². The molecule has 17 heavy (non-hydrogen) atoms. The number of hydrogen-bond acceptors (Lipinski definition) is 4. The Labute approximate surface area is 104 Å². The Kier molecular flexibility index (Phi) is 5.73. The Morgan fingerprint density at radius 2 is 1.76 bits per heavy atom. The highest BCUT2D eigenvalue weighted by Crippen LogP contribution is 2.16. The van der Waals surface area contributed by atoms with Gasteiger partial charge in [-0.15, -0.1) is 0 Å². The Morgan fingerprint density at radius 3 is 2.24 bits per heavy atom. The van der Waals surface area contributed by atoms with Crippen molar-refractivity contribution in [3.05, 3.63) is 11.9 Å². The minimum absolute atomic E-state index is 0.870. The molecule has 1 aromatic rings. The van der Waals surface area contributed by atoms with Gasteiger partial charge in [0.1, 0.15) is 17.5 Å². The molecule has 0 aromatic carbocycles. The fourth-order valence-corrected chi connectivity index (χ4v) is 1.81. The Bertz CT molecular complexity index is 310. The summed E-state index contributed by atoms with van der Waals surface area (Å²) in [6, 6.07) is 2.03. The molecule has 0 atom stereocenters. The summed E-state index contributed by atoms with van der Waals surface area (Å²) < 4.78 is 0. The van der Waals surface area contributed by atoms with E-state index in [0.29, 0.717) is 0 Å². The summed E-state index contributed by atoms with van der Waals surface area (Å²) in [6.07, 6.45) is 3.15. The molecule has 0 aliphatic carbocycles. The molecule has 1 N–H and O–H groups in total. The van der Waals surface area contributed by atoms with E-state index < -0.39 is 0 Å². The maximum Gasteiger partial charge on any atom is 0.134 e. The molecule has 96 valence electrons. The molecule has 0 spiro atoms. The first-order valence-electron chi connectivity index (χ1n) is 6.55. The zero-order valence-corrected chi connectivity index (χ0v) is 11.5. The van der Waals surface area contributed by atoms with E-state index in [9.17, 15) is 0 Å².